The lowest BCUT2D eigenvalue weighted by molar-refractivity contribution is 0.0871. The molecule has 124 valence electrons. The van der Waals surface area contributed by atoms with Gasteiger partial charge in [-0.05, 0) is 36.4 Å². The standard InChI is InChI=1S/C21H11NO4/c23-16-10-17(24)13-7-9-15-19-14(8-6-12(16)18(13)19)20(25)22(21(15)26)11-4-2-1-3-5-11/h1-9H,10H2. The van der Waals surface area contributed by atoms with Crippen molar-refractivity contribution in [3.8, 4) is 0 Å². The zero-order chi connectivity index (χ0) is 18.0. The Morgan fingerprint density at radius 3 is 1.58 bits per heavy atom. The zero-order valence-corrected chi connectivity index (χ0v) is 13.5. The second kappa shape index (κ2) is 4.95. The van der Waals surface area contributed by atoms with Gasteiger partial charge in [0.25, 0.3) is 11.8 Å². The van der Waals surface area contributed by atoms with E-state index in [0.717, 1.165) is 4.90 Å². The fraction of sp³-hybridized carbons (Fsp3) is 0.0476. The van der Waals surface area contributed by atoms with E-state index in [-0.39, 0.29) is 18.0 Å². The lowest BCUT2D eigenvalue weighted by atomic mass is 9.82. The summed E-state index contributed by atoms with van der Waals surface area (Å²) in [4.78, 5) is 51.7. The van der Waals surface area contributed by atoms with Crippen LogP contribution in [0.3, 0.4) is 0 Å². The number of para-hydroxylation sites is 1. The van der Waals surface area contributed by atoms with Crippen molar-refractivity contribution < 1.29 is 19.2 Å². The van der Waals surface area contributed by atoms with E-state index in [4.69, 9.17) is 0 Å². The summed E-state index contributed by atoms with van der Waals surface area (Å²) in [5, 5.41) is 0.833. The van der Waals surface area contributed by atoms with Crippen LogP contribution in [0.4, 0.5) is 5.69 Å². The Morgan fingerprint density at radius 1 is 0.577 bits per heavy atom. The average molecular weight is 341 g/mol. The van der Waals surface area contributed by atoms with E-state index in [1.807, 2.05) is 0 Å². The number of ketones is 2. The first-order valence-electron chi connectivity index (χ1n) is 8.18. The number of Topliss-reactive ketones (excluding diaryl/α,β-unsaturated/α-hetero) is 2. The Kier molecular flexibility index (Phi) is 2.80. The minimum Gasteiger partial charge on any atom is -0.294 e. The smallest absolute Gasteiger partial charge is 0.265 e. The minimum atomic E-state index is -0.456. The van der Waals surface area contributed by atoms with Crippen LogP contribution in [0.5, 0.6) is 0 Å². The maximum Gasteiger partial charge on any atom is 0.265 e. The van der Waals surface area contributed by atoms with Crippen molar-refractivity contribution in [1.82, 2.24) is 0 Å². The number of benzene rings is 3. The SMILES string of the molecule is O=C1CC(=O)c2ccc3c4c(ccc1c24)C(=O)N(c1ccccc1)C3=O. The lowest BCUT2D eigenvalue weighted by Crippen LogP contribution is -2.40. The molecule has 5 rings (SSSR count). The van der Waals surface area contributed by atoms with Gasteiger partial charge < -0.3 is 0 Å². The van der Waals surface area contributed by atoms with Gasteiger partial charge in [0.15, 0.2) is 11.6 Å². The van der Waals surface area contributed by atoms with Crippen LogP contribution in [0.2, 0.25) is 0 Å². The second-order valence-corrected chi connectivity index (χ2v) is 6.38. The molecule has 0 atom stereocenters. The molecule has 0 saturated heterocycles. The topological polar surface area (TPSA) is 71.5 Å². The van der Waals surface area contributed by atoms with Crippen molar-refractivity contribution in [2.24, 2.45) is 0 Å². The number of hydrogen-bond acceptors (Lipinski definition) is 4. The van der Waals surface area contributed by atoms with Gasteiger partial charge >= 0.3 is 0 Å². The van der Waals surface area contributed by atoms with Gasteiger partial charge in [0.05, 0.1) is 12.1 Å². The quantitative estimate of drug-likeness (QED) is 0.502. The molecule has 0 spiro atoms. The highest BCUT2D eigenvalue weighted by Crippen LogP contribution is 2.38. The van der Waals surface area contributed by atoms with Crippen LogP contribution < -0.4 is 4.90 Å². The highest BCUT2D eigenvalue weighted by molar-refractivity contribution is 6.39. The summed E-state index contributed by atoms with van der Waals surface area (Å²) in [5.41, 5.74) is 1.93. The molecule has 0 bridgehead atoms. The predicted octanol–water partition coefficient (Wildman–Crippen LogP) is 3.41. The van der Waals surface area contributed by atoms with Gasteiger partial charge in [0.2, 0.25) is 0 Å². The van der Waals surface area contributed by atoms with Crippen molar-refractivity contribution in [3.63, 3.8) is 0 Å². The van der Waals surface area contributed by atoms with Gasteiger partial charge in [0, 0.05) is 33.0 Å². The molecular weight excluding hydrogens is 330 g/mol. The predicted molar refractivity (Wildman–Crippen MR) is 94.8 cm³/mol. The van der Waals surface area contributed by atoms with Crippen molar-refractivity contribution in [3.05, 3.63) is 76.9 Å². The molecule has 0 fully saturated rings. The van der Waals surface area contributed by atoms with Crippen LogP contribution in [0, 0.1) is 0 Å². The third-order valence-corrected chi connectivity index (χ3v) is 4.96. The zero-order valence-electron chi connectivity index (χ0n) is 13.5. The number of hydrogen-bond donors (Lipinski definition) is 0. The summed E-state index contributed by atoms with van der Waals surface area (Å²) < 4.78 is 0. The molecule has 0 saturated carbocycles. The van der Waals surface area contributed by atoms with Gasteiger partial charge in [-0.2, -0.15) is 0 Å². The van der Waals surface area contributed by atoms with Gasteiger partial charge in [-0.15, -0.1) is 0 Å². The van der Waals surface area contributed by atoms with Crippen LogP contribution in [0.25, 0.3) is 10.8 Å². The average Bonchev–Trinajstić information content (AvgIpc) is 2.65. The van der Waals surface area contributed by atoms with E-state index in [1.165, 1.54) is 0 Å². The Morgan fingerprint density at radius 2 is 1.04 bits per heavy atom. The molecule has 3 aromatic carbocycles. The van der Waals surface area contributed by atoms with Gasteiger partial charge in [-0.25, -0.2) is 4.90 Å². The fourth-order valence-corrected chi connectivity index (χ4v) is 3.80. The molecular formula is C21H11NO4. The van der Waals surface area contributed by atoms with Crippen molar-refractivity contribution in [2.75, 3.05) is 4.90 Å². The number of carbonyl (C=O) groups excluding carboxylic acids is 4. The number of carbonyl (C=O) groups is 4. The van der Waals surface area contributed by atoms with E-state index in [2.05, 4.69) is 0 Å². The van der Waals surface area contributed by atoms with Gasteiger partial charge in [-0.3, -0.25) is 19.2 Å². The summed E-state index contributed by atoms with van der Waals surface area (Å²) in [5.74, 6) is -1.47. The third kappa shape index (κ3) is 1.74. The molecule has 0 radical (unpaired) electrons. The molecule has 3 aromatic rings. The van der Waals surface area contributed by atoms with E-state index >= 15 is 0 Å². The Balaban J connectivity index is 1.86. The summed E-state index contributed by atoms with van der Waals surface area (Å²) in [6.45, 7) is 0. The third-order valence-electron chi connectivity index (χ3n) is 4.96. The van der Waals surface area contributed by atoms with Crippen LogP contribution >= 0.6 is 0 Å². The highest BCUT2D eigenvalue weighted by atomic mass is 16.2. The summed E-state index contributed by atoms with van der Waals surface area (Å²) in [6.07, 6.45) is -0.182. The molecule has 26 heavy (non-hydrogen) atoms. The first-order chi connectivity index (χ1) is 12.6. The lowest BCUT2D eigenvalue weighted by Gasteiger charge is -2.29. The number of rotatable bonds is 1. The summed E-state index contributed by atoms with van der Waals surface area (Å²) >= 11 is 0. The Labute approximate surface area is 147 Å². The van der Waals surface area contributed by atoms with E-state index < -0.39 is 11.8 Å². The fourth-order valence-electron chi connectivity index (χ4n) is 3.80. The van der Waals surface area contributed by atoms with Crippen LogP contribution in [-0.2, 0) is 0 Å². The first-order valence-corrected chi connectivity index (χ1v) is 8.18. The van der Waals surface area contributed by atoms with Gasteiger partial charge in [0.1, 0.15) is 0 Å². The molecule has 5 nitrogen and oxygen atoms in total. The Bertz CT molecular complexity index is 1110. The second-order valence-electron chi connectivity index (χ2n) is 6.38. The van der Waals surface area contributed by atoms with E-state index in [0.29, 0.717) is 38.7 Å². The molecule has 1 heterocycles. The maximum atomic E-state index is 13.0. The van der Waals surface area contributed by atoms with E-state index in [1.54, 1.807) is 54.6 Å². The molecule has 2 amide bonds. The van der Waals surface area contributed by atoms with Crippen molar-refractivity contribution >= 4 is 39.8 Å². The molecule has 0 aromatic heterocycles. The molecule has 5 heteroatoms. The number of imide groups is 1. The molecule has 0 unspecified atom stereocenters. The van der Waals surface area contributed by atoms with Crippen LogP contribution in [0.1, 0.15) is 47.9 Å². The van der Waals surface area contributed by atoms with Crippen molar-refractivity contribution in [1.29, 1.82) is 0 Å². The number of anilines is 1. The van der Waals surface area contributed by atoms with Gasteiger partial charge in [-0.1, -0.05) is 18.2 Å². The Hall–Kier alpha value is -3.60. The largest absolute Gasteiger partial charge is 0.294 e. The minimum absolute atomic E-state index is 0.182. The normalized spacial score (nSPS) is 15.8. The summed E-state index contributed by atoms with van der Waals surface area (Å²) in [7, 11) is 0. The number of nitrogens with zero attached hydrogens (tertiary/aromatic N) is 1. The maximum absolute atomic E-state index is 13.0. The highest BCUT2D eigenvalue weighted by Gasteiger charge is 2.37. The van der Waals surface area contributed by atoms with E-state index in [9.17, 15) is 19.2 Å². The monoisotopic (exact) mass is 341 g/mol. The molecule has 1 aliphatic carbocycles. The van der Waals surface area contributed by atoms with Crippen LogP contribution in [0.15, 0.2) is 54.6 Å². The van der Waals surface area contributed by atoms with Crippen LogP contribution in [-0.4, -0.2) is 23.4 Å². The molecule has 2 aliphatic rings. The molecule has 0 N–H and O–H groups in total. The molecule has 1 aliphatic heterocycles. The van der Waals surface area contributed by atoms with Crippen molar-refractivity contribution in [2.45, 2.75) is 6.42 Å². The summed E-state index contributed by atoms with van der Waals surface area (Å²) in [6, 6.07) is 15.0. The number of amides is 2. The first kappa shape index (κ1) is 14.7.